The van der Waals surface area contributed by atoms with Gasteiger partial charge in [0.05, 0.1) is 25.5 Å². The summed E-state index contributed by atoms with van der Waals surface area (Å²) >= 11 is 0. The maximum atomic E-state index is 14.6. The Morgan fingerprint density at radius 1 is 0.978 bits per heavy atom. The fourth-order valence-corrected chi connectivity index (χ4v) is 5.45. The number of halogens is 5. The number of carbonyl (C=O) groups excluding carboxylic acids is 5. The van der Waals surface area contributed by atoms with E-state index in [0.29, 0.717) is 51.6 Å². The SMILES string of the molecule is CC(=O)OC(=C(NC(=O)[N+]1(C(=O)[C@H](C)NC(=O)c2ccc(C(=O)N3CCOCC3)cc2)CCC[C@H]1C)C(C)C)C(F)(F)C(F)(F)F. The maximum absolute atomic E-state index is 14.6. The molecular weight excluding hydrogens is 623 g/mol. The van der Waals surface area contributed by atoms with Crippen molar-refractivity contribution in [1.82, 2.24) is 15.5 Å². The van der Waals surface area contributed by atoms with Gasteiger partial charge in [0.1, 0.15) is 12.1 Å². The summed E-state index contributed by atoms with van der Waals surface area (Å²) in [6.07, 6.45) is -5.51. The third-order valence-electron chi connectivity index (χ3n) is 8.00. The number of imide groups is 1. The predicted octanol–water partition coefficient (Wildman–Crippen LogP) is 4.14. The van der Waals surface area contributed by atoms with Crippen LogP contribution in [0.2, 0.25) is 0 Å². The molecule has 1 unspecified atom stereocenters. The quantitative estimate of drug-likeness (QED) is 0.185. The Bertz CT molecular complexity index is 1370. The fourth-order valence-electron chi connectivity index (χ4n) is 5.45. The van der Waals surface area contributed by atoms with E-state index < -0.39 is 69.9 Å². The van der Waals surface area contributed by atoms with Crippen LogP contribution in [0, 0.1) is 5.92 Å². The monoisotopic (exact) mass is 661 g/mol. The summed E-state index contributed by atoms with van der Waals surface area (Å²) in [4.78, 5) is 66.6. The van der Waals surface area contributed by atoms with Crippen molar-refractivity contribution in [3.05, 3.63) is 46.8 Å². The van der Waals surface area contributed by atoms with Crippen molar-refractivity contribution in [2.24, 2.45) is 5.92 Å². The van der Waals surface area contributed by atoms with E-state index in [9.17, 15) is 45.9 Å². The number of benzene rings is 1. The Labute approximate surface area is 262 Å². The van der Waals surface area contributed by atoms with E-state index in [1.165, 1.54) is 45.0 Å². The minimum atomic E-state index is -6.17. The summed E-state index contributed by atoms with van der Waals surface area (Å²) in [7, 11) is 0. The number of amides is 5. The van der Waals surface area contributed by atoms with Crippen molar-refractivity contribution in [3.8, 4) is 0 Å². The molecule has 3 atom stereocenters. The van der Waals surface area contributed by atoms with E-state index in [4.69, 9.17) is 4.74 Å². The number of esters is 1. The van der Waals surface area contributed by atoms with Gasteiger partial charge in [0.2, 0.25) is 5.76 Å². The molecule has 2 fully saturated rings. The van der Waals surface area contributed by atoms with E-state index in [0.717, 1.165) is 0 Å². The molecule has 0 saturated carbocycles. The maximum Gasteiger partial charge on any atom is 0.461 e. The van der Waals surface area contributed by atoms with Crippen LogP contribution in [0.3, 0.4) is 0 Å². The van der Waals surface area contributed by atoms with Crippen molar-refractivity contribution in [1.29, 1.82) is 0 Å². The minimum absolute atomic E-state index is 0.106. The molecule has 2 N–H and O–H groups in total. The van der Waals surface area contributed by atoms with E-state index in [2.05, 4.69) is 15.4 Å². The molecule has 0 spiro atoms. The topological polar surface area (TPSA) is 131 Å². The van der Waals surface area contributed by atoms with Crippen LogP contribution in [0.25, 0.3) is 0 Å². The highest BCUT2D eigenvalue weighted by Gasteiger charge is 2.64. The number of hydrogen-bond donors (Lipinski definition) is 2. The molecule has 254 valence electrons. The molecule has 46 heavy (non-hydrogen) atoms. The first kappa shape index (κ1) is 36.5. The van der Waals surface area contributed by atoms with Crippen molar-refractivity contribution in [2.45, 2.75) is 71.6 Å². The average molecular weight is 662 g/mol. The number of alkyl halides is 5. The average Bonchev–Trinajstić information content (AvgIpc) is 3.39. The van der Waals surface area contributed by atoms with E-state index >= 15 is 0 Å². The van der Waals surface area contributed by atoms with Crippen molar-refractivity contribution >= 4 is 29.7 Å². The van der Waals surface area contributed by atoms with Crippen LogP contribution in [0.5, 0.6) is 0 Å². The minimum Gasteiger partial charge on any atom is -0.422 e. The highest BCUT2D eigenvalue weighted by atomic mass is 19.4. The summed E-state index contributed by atoms with van der Waals surface area (Å²) in [5.41, 5.74) is -0.572. The lowest BCUT2D eigenvalue weighted by molar-refractivity contribution is -0.785. The lowest BCUT2D eigenvalue weighted by Gasteiger charge is -2.36. The van der Waals surface area contributed by atoms with Gasteiger partial charge in [0, 0.05) is 44.0 Å². The Balaban J connectivity index is 1.87. The first-order valence-corrected chi connectivity index (χ1v) is 14.7. The first-order valence-electron chi connectivity index (χ1n) is 14.7. The molecule has 2 saturated heterocycles. The second kappa shape index (κ2) is 14.2. The number of rotatable bonds is 8. The van der Waals surface area contributed by atoms with Crippen LogP contribution < -0.4 is 10.6 Å². The normalized spacial score (nSPS) is 21.7. The molecule has 0 bridgehead atoms. The fraction of sp³-hybridized carbons (Fsp3) is 0.567. The van der Waals surface area contributed by atoms with Crippen molar-refractivity contribution in [2.75, 3.05) is 32.8 Å². The Hall–Kier alpha value is -3.92. The van der Waals surface area contributed by atoms with Gasteiger partial charge in [-0.15, -0.1) is 0 Å². The van der Waals surface area contributed by atoms with Crippen LogP contribution in [-0.4, -0.2) is 96.1 Å². The van der Waals surface area contributed by atoms with Gasteiger partial charge in [-0.05, 0) is 44.0 Å². The predicted molar refractivity (Wildman–Crippen MR) is 152 cm³/mol. The summed E-state index contributed by atoms with van der Waals surface area (Å²) in [5, 5.41) is 4.56. The van der Waals surface area contributed by atoms with Crippen molar-refractivity contribution in [3.63, 3.8) is 0 Å². The zero-order chi connectivity index (χ0) is 34.6. The Morgan fingerprint density at radius 3 is 2.02 bits per heavy atom. The number of nitrogens with zero attached hydrogens (tertiary/aromatic N) is 2. The number of nitrogens with one attached hydrogen (secondary N) is 2. The molecule has 2 aliphatic heterocycles. The highest BCUT2D eigenvalue weighted by molar-refractivity contribution is 5.99. The molecule has 0 aromatic heterocycles. The van der Waals surface area contributed by atoms with Gasteiger partial charge < -0.3 is 19.7 Å². The van der Waals surface area contributed by atoms with Crippen LogP contribution in [0.15, 0.2) is 35.7 Å². The van der Waals surface area contributed by atoms with Gasteiger partial charge in [-0.25, -0.2) is 9.59 Å². The smallest absolute Gasteiger partial charge is 0.422 e. The molecule has 16 heteroatoms. The number of ether oxygens (including phenoxy) is 2. The molecule has 3 rings (SSSR count). The van der Waals surface area contributed by atoms with Gasteiger partial charge in [-0.1, -0.05) is 13.8 Å². The van der Waals surface area contributed by atoms with Crippen LogP contribution in [0.1, 0.15) is 68.2 Å². The molecule has 2 aliphatic rings. The van der Waals surface area contributed by atoms with Crippen molar-refractivity contribution < 1.29 is 59.9 Å². The van der Waals surface area contributed by atoms with Gasteiger partial charge in [0.15, 0.2) is 0 Å². The second-order valence-electron chi connectivity index (χ2n) is 11.6. The van der Waals surface area contributed by atoms with E-state index in [1.807, 2.05) is 0 Å². The van der Waals surface area contributed by atoms with Crippen LogP contribution in [-0.2, 0) is 19.1 Å². The van der Waals surface area contributed by atoms with Gasteiger partial charge in [0.25, 0.3) is 11.8 Å². The molecular formula is C30H38F5N4O7+. The van der Waals surface area contributed by atoms with Gasteiger partial charge in [-0.2, -0.15) is 26.4 Å². The molecule has 5 amide bonds. The number of urea groups is 1. The summed E-state index contributed by atoms with van der Waals surface area (Å²) in [6.45, 7) is 7.44. The lowest BCUT2D eigenvalue weighted by Crippen LogP contribution is -2.67. The number of allylic oxidation sites excluding steroid dienone is 2. The molecule has 11 nitrogen and oxygen atoms in total. The zero-order valence-electron chi connectivity index (χ0n) is 26.1. The molecule has 0 aliphatic carbocycles. The molecule has 1 aromatic carbocycles. The number of likely N-dealkylation sites (tertiary alicyclic amines) is 1. The van der Waals surface area contributed by atoms with Gasteiger partial charge in [-0.3, -0.25) is 19.7 Å². The molecule has 1 aromatic rings. The number of quaternary nitrogens is 1. The Kier molecular flexibility index (Phi) is 11.3. The van der Waals surface area contributed by atoms with E-state index in [-0.39, 0.29) is 18.0 Å². The van der Waals surface area contributed by atoms with Crippen LogP contribution in [0.4, 0.5) is 26.7 Å². The number of morpholine rings is 1. The second-order valence-corrected chi connectivity index (χ2v) is 11.6. The number of carbonyl (C=O) groups is 5. The molecule has 0 radical (unpaired) electrons. The number of hydrogen-bond acceptors (Lipinski definition) is 7. The standard InChI is InChI=1S/C30H37F5N4O7/c1-17(2)23(24(46-20(5)40)29(31,32)30(33,34)35)37-28(44)39(14-6-7-18(39)3)27(43)19(4)36-25(41)21-8-10-22(11-9-21)26(42)38-12-15-45-16-13-38/h8-11,17-19H,6-7,12-16H2,1-5H3,(H-,36,37,41,44)/p+1/t18-,19+,39?/m1/s1. The third kappa shape index (κ3) is 7.54. The third-order valence-corrected chi connectivity index (χ3v) is 8.00. The molecule has 2 heterocycles. The Morgan fingerprint density at radius 2 is 1.54 bits per heavy atom. The zero-order valence-corrected chi connectivity index (χ0v) is 26.1. The van der Waals surface area contributed by atoms with Gasteiger partial charge >= 0.3 is 30.0 Å². The van der Waals surface area contributed by atoms with E-state index in [1.54, 1.807) is 11.8 Å². The summed E-state index contributed by atoms with van der Waals surface area (Å²) in [6, 6.07) is 2.43. The first-order chi connectivity index (χ1) is 21.3. The summed E-state index contributed by atoms with van der Waals surface area (Å²) in [5.74, 6) is -12.2. The largest absolute Gasteiger partial charge is 0.461 e. The van der Waals surface area contributed by atoms with Crippen LogP contribution >= 0.6 is 0 Å². The lowest BCUT2D eigenvalue weighted by atomic mass is 10.1. The summed E-state index contributed by atoms with van der Waals surface area (Å²) < 4.78 is 77.8. The highest BCUT2D eigenvalue weighted by Crippen LogP contribution is 2.43.